The fraction of sp³-hybridized carbons (Fsp3) is 0.891. The van der Waals surface area contributed by atoms with Crippen molar-refractivity contribution in [1.29, 1.82) is 0 Å². The normalized spacial score (nSPS) is 25.5. The topological polar surface area (TPSA) is 231 Å². The molecule has 0 saturated carbocycles. The highest BCUT2D eigenvalue weighted by atomic mass is 16.7. The van der Waals surface area contributed by atoms with Gasteiger partial charge in [0.1, 0.15) is 55.4 Å². The number of aliphatic hydroxyl groups excluding tert-OH is 7. The van der Waals surface area contributed by atoms with Crippen molar-refractivity contribution < 1.29 is 73.8 Å². The Kier molecular flexibility index (Phi) is 38.8. The molecule has 0 amide bonds. The Balaban J connectivity index is 1.73. The third-order valence-electron chi connectivity index (χ3n) is 13.4. The molecule has 15 heteroatoms. The molecule has 0 aromatic rings. The van der Waals surface area contributed by atoms with E-state index in [1.165, 1.54) is 122 Å². The van der Waals surface area contributed by atoms with E-state index in [0.29, 0.717) is 12.8 Å². The fourth-order valence-corrected chi connectivity index (χ4v) is 8.78. The van der Waals surface area contributed by atoms with Gasteiger partial charge in [0.15, 0.2) is 18.7 Å². The lowest BCUT2D eigenvalue weighted by molar-refractivity contribution is -0.332. The summed E-state index contributed by atoms with van der Waals surface area (Å²) in [6.45, 7) is 2.56. The molecule has 0 radical (unpaired) electrons. The molecule has 2 aliphatic rings. The lowest BCUT2D eigenvalue weighted by Gasteiger charge is -2.42. The molecule has 0 aromatic carbocycles. The van der Waals surface area contributed by atoms with Crippen molar-refractivity contribution >= 4 is 11.9 Å². The molecule has 0 aliphatic carbocycles. The molecule has 2 aliphatic heterocycles. The molecule has 2 heterocycles. The summed E-state index contributed by atoms with van der Waals surface area (Å²) in [7, 11) is 0. The quantitative estimate of drug-likeness (QED) is 0.0172. The van der Waals surface area contributed by atoms with Crippen LogP contribution in [0.15, 0.2) is 24.3 Å². The van der Waals surface area contributed by atoms with Crippen molar-refractivity contribution in [2.75, 3.05) is 26.4 Å². The number of ether oxygens (including phenoxy) is 6. The number of hydrogen-bond acceptors (Lipinski definition) is 15. The first-order valence-electron chi connectivity index (χ1n) is 27.9. The van der Waals surface area contributed by atoms with Crippen LogP contribution in [0.3, 0.4) is 0 Å². The smallest absolute Gasteiger partial charge is 0.306 e. The highest BCUT2D eigenvalue weighted by Crippen LogP contribution is 2.27. The van der Waals surface area contributed by atoms with Crippen molar-refractivity contribution in [3.63, 3.8) is 0 Å². The van der Waals surface area contributed by atoms with Gasteiger partial charge in [0.2, 0.25) is 0 Å². The van der Waals surface area contributed by atoms with E-state index in [1.54, 1.807) is 0 Å². The Hall–Kier alpha value is -2.02. The van der Waals surface area contributed by atoms with E-state index in [-0.39, 0.29) is 26.1 Å². The standard InChI is InChI=1S/C55H100O15/c1-3-5-7-9-11-13-15-16-17-18-19-20-21-22-23-24-25-26-28-30-32-34-36-38-47(58)68-43(40-65-46(57)37-35-33-31-29-27-14-12-10-8-6-4-2)41-66-54-53(64)51(62)49(60)45(70-54)42-67-55-52(63)50(61)48(59)44(39-56)69-55/h10,12,18-19,43-45,48-56,59-64H,3-9,11,13-17,20-42H2,1-2H3/b12-10-,19-18-. The van der Waals surface area contributed by atoms with Gasteiger partial charge in [0.25, 0.3) is 0 Å². The molecule has 11 atom stereocenters. The van der Waals surface area contributed by atoms with Gasteiger partial charge < -0.3 is 64.2 Å². The molecule has 70 heavy (non-hydrogen) atoms. The maximum Gasteiger partial charge on any atom is 0.306 e. The number of carbonyl (C=O) groups is 2. The zero-order valence-electron chi connectivity index (χ0n) is 43.5. The van der Waals surface area contributed by atoms with Crippen LogP contribution in [0, 0.1) is 0 Å². The molecule has 0 aromatic heterocycles. The fourth-order valence-electron chi connectivity index (χ4n) is 8.78. The summed E-state index contributed by atoms with van der Waals surface area (Å²) in [6.07, 6.45) is 27.9. The van der Waals surface area contributed by atoms with E-state index < -0.39 is 92.7 Å². The van der Waals surface area contributed by atoms with Crippen LogP contribution in [-0.2, 0) is 38.0 Å². The largest absolute Gasteiger partial charge is 0.462 e. The van der Waals surface area contributed by atoms with Gasteiger partial charge in [-0.1, -0.05) is 173 Å². The van der Waals surface area contributed by atoms with Gasteiger partial charge in [0, 0.05) is 12.8 Å². The lowest BCUT2D eigenvalue weighted by Crippen LogP contribution is -2.61. The van der Waals surface area contributed by atoms with Gasteiger partial charge in [-0.25, -0.2) is 0 Å². The van der Waals surface area contributed by atoms with E-state index in [4.69, 9.17) is 28.4 Å². The highest BCUT2D eigenvalue weighted by Gasteiger charge is 2.47. The van der Waals surface area contributed by atoms with Gasteiger partial charge in [0.05, 0.1) is 19.8 Å². The predicted octanol–water partition coefficient (Wildman–Crippen LogP) is 8.72. The number of esters is 2. The molecule has 0 bridgehead atoms. The molecule has 15 nitrogen and oxygen atoms in total. The van der Waals surface area contributed by atoms with Gasteiger partial charge in [-0.05, 0) is 57.8 Å². The van der Waals surface area contributed by atoms with E-state index in [9.17, 15) is 45.3 Å². The van der Waals surface area contributed by atoms with Gasteiger partial charge in [-0.2, -0.15) is 0 Å². The van der Waals surface area contributed by atoms with Crippen molar-refractivity contribution in [2.45, 2.75) is 287 Å². The molecule has 2 saturated heterocycles. The minimum Gasteiger partial charge on any atom is -0.462 e. The molecular weight excluding hydrogens is 901 g/mol. The summed E-state index contributed by atoms with van der Waals surface area (Å²) < 4.78 is 33.6. The monoisotopic (exact) mass is 1000 g/mol. The molecular formula is C55H100O15. The van der Waals surface area contributed by atoms with Crippen LogP contribution in [0.1, 0.15) is 219 Å². The van der Waals surface area contributed by atoms with Crippen LogP contribution >= 0.6 is 0 Å². The average molecular weight is 1000 g/mol. The summed E-state index contributed by atoms with van der Waals surface area (Å²) in [5.74, 6) is -0.930. The first kappa shape index (κ1) is 64.1. The maximum absolute atomic E-state index is 13.0. The average Bonchev–Trinajstić information content (AvgIpc) is 3.35. The van der Waals surface area contributed by atoms with Crippen LogP contribution in [0.2, 0.25) is 0 Å². The Labute approximate surface area is 422 Å². The molecule has 11 unspecified atom stereocenters. The number of rotatable bonds is 44. The van der Waals surface area contributed by atoms with E-state index >= 15 is 0 Å². The molecule has 2 fully saturated rings. The zero-order valence-corrected chi connectivity index (χ0v) is 43.5. The number of aliphatic hydroxyl groups is 7. The first-order chi connectivity index (χ1) is 34.0. The summed E-state index contributed by atoms with van der Waals surface area (Å²) >= 11 is 0. The summed E-state index contributed by atoms with van der Waals surface area (Å²) in [5, 5.41) is 72.1. The number of carbonyl (C=O) groups excluding carboxylic acids is 2. The molecule has 410 valence electrons. The van der Waals surface area contributed by atoms with E-state index in [2.05, 4.69) is 38.2 Å². The number of allylic oxidation sites excluding steroid dienone is 4. The van der Waals surface area contributed by atoms with Crippen molar-refractivity contribution in [3.8, 4) is 0 Å². The summed E-state index contributed by atoms with van der Waals surface area (Å²) in [4.78, 5) is 25.8. The molecule has 0 spiro atoms. The second-order valence-corrected chi connectivity index (χ2v) is 19.8. The molecule has 2 rings (SSSR count). The van der Waals surface area contributed by atoms with Gasteiger partial charge in [-0.3, -0.25) is 9.59 Å². The van der Waals surface area contributed by atoms with Crippen LogP contribution in [-0.4, -0.2) is 142 Å². The minimum atomic E-state index is -1.76. The Bertz CT molecular complexity index is 1310. The van der Waals surface area contributed by atoms with Gasteiger partial charge in [-0.15, -0.1) is 0 Å². The second-order valence-electron chi connectivity index (χ2n) is 19.8. The number of hydrogen-bond donors (Lipinski definition) is 7. The first-order valence-corrected chi connectivity index (χ1v) is 27.9. The predicted molar refractivity (Wildman–Crippen MR) is 271 cm³/mol. The third-order valence-corrected chi connectivity index (χ3v) is 13.4. The van der Waals surface area contributed by atoms with Crippen LogP contribution in [0.25, 0.3) is 0 Å². The Morgan fingerprint density at radius 3 is 1.30 bits per heavy atom. The lowest BCUT2D eigenvalue weighted by atomic mass is 9.98. The SMILES string of the molecule is CCCC/C=C\CCCCCCCC(=O)OCC(COC1OC(COC2OC(CO)C(O)C(O)C2O)C(O)C(O)C1O)OC(=O)CCCCCCCCCCCCC/C=C\CCCCCCCCCC. The van der Waals surface area contributed by atoms with E-state index in [0.717, 1.165) is 57.8 Å². The third kappa shape index (κ3) is 29.6. The number of unbranched alkanes of at least 4 members (excludes halogenated alkanes) is 26. The van der Waals surface area contributed by atoms with E-state index in [1.807, 2.05) is 0 Å². The summed E-state index contributed by atoms with van der Waals surface area (Å²) in [5.41, 5.74) is 0. The second kappa shape index (κ2) is 42.3. The zero-order chi connectivity index (χ0) is 51.0. The van der Waals surface area contributed by atoms with Crippen molar-refractivity contribution in [2.24, 2.45) is 0 Å². The summed E-state index contributed by atoms with van der Waals surface area (Å²) in [6, 6.07) is 0. The molecule has 7 N–H and O–H groups in total. The highest BCUT2D eigenvalue weighted by molar-refractivity contribution is 5.70. The maximum atomic E-state index is 13.0. The van der Waals surface area contributed by atoms with Crippen molar-refractivity contribution in [1.82, 2.24) is 0 Å². The van der Waals surface area contributed by atoms with Crippen LogP contribution < -0.4 is 0 Å². The Morgan fingerprint density at radius 1 is 0.443 bits per heavy atom. The Morgan fingerprint density at radius 2 is 0.829 bits per heavy atom. The van der Waals surface area contributed by atoms with Crippen LogP contribution in [0.4, 0.5) is 0 Å². The van der Waals surface area contributed by atoms with Crippen LogP contribution in [0.5, 0.6) is 0 Å². The minimum absolute atomic E-state index is 0.165. The van der Waals surface area contributed by atoms with Gasteiger partial charge >= 0.3 is 11.9 Å². The van der Waals surface area contributed by atoms with Crippen molar-refractivity contribution in [3.05, 3.63) is 24.3 Å².